The van der Waals surface area contributed by atoms with Gasteiger partial charge in [-0.2, -0.15) is 0 Å². The topological polar surface area (TPSA) is 99.1 Å². The molecule has 0 aliphatic rings. The molecule has 0 rings (SSSR count). The van der Waals surface area contributed by atoms with Gasteiger partial charge in [0.2, 0.25) is 0 Å². The number of carbonyl (C=O) groups excluding carboxylic acids is 1. The Labute approximate surface area is 107 Å². The maximum absolute atomic E-state index is 11.8. The molecular weight excluding hydrogens is 240 g/mol. The lowest BCUT2D eigenvalue weighted by Crippen LogP contribution is -2.49. The molecule has 3 N–H and O–H groups in total. The van der Waals surface area contributed by atoms with Gasteiger partial charge in [-0.1, -0.05) is 13.3 Å². The minimum Gasteiger partial charge on any atom is -0.480 e. The van der Waals surface area contributed by atoms with Crippen molar-refractivity contribution in [2.24, 2.45) is 0 Å². The number of methoxy groups -OCH3 is 1. The van der Waals surface area contributed by atoms with Crippen molar-refractivity contribution in [3.63, 3.8) is 0 Å². The molecule has 0 unspecified atom stereocenters. The van der Waals surface area contributed by atoms with Gasteiger partial charge < -0.3 is 25.2 Å². The number of hydrogen-bond donors (Lipinski definition) is 3. The van der Waals surface area contributed by atoms with Crippen molar-refractivity contribution in [2.45, 2.75) is 25.8 Å². The average molecular weight is 262 g/mol. The van der Waals surface area contributed by atoms with Gasteiger partial charge in [0.1, 0.15) is 6.04 Å². The van der Waals surface area contributed by atoms with E-state index < -0.39 is 18.0 Å². The number of carboxylic acid groups (broad SMARTS) is 1. The SMILES string of the molecule is CCC[C@@H](NC(=O)N(CCO)CCOC)C(=O)O. The van der Waals surface area contributed by atoms with Crippen LogP contribution < -0.4 is 5.32 Å². The van der Waals surface area contributed by atoms with Gasteiger partial charge in [0.25, 0.3) is 0 Å². The number of hydrogen-bond acceptors (Lipinski definition) is 4. The fourth-order valence-corrected chi connectivity index (χ4v) is 1.42. The third-order valence-corrected chi connectivity index (χ3v) is 2.40. The van der Waals surface area contributed by atoms with Crippen LogP contribution in [0.25, 0.3) is 0 Å². The van der Waals surface area contributed by atoms with Crippen molar-refractivity contribution in [2.75, 3.05) is 33.4 Å². The maximum atomic E-state index is 11.8. The van der Waals surface area contributed by atoms with Gasteiger partial charge in [0.15, 0.2) is 0 Å². The van der Waals surface area contributed by atoms with Crippen molar-refractivity contribution in [1.82, 2.24) is 10.2 Å². The summed E-state index contributed by atoms with van der Waals surface area (Å²) in [6, 6.07) is -1.40. The number of rotatable bonds is 9. The number of urea groups is 1. The number of aliphatic hydroxyl groups is 1. The molecule has 0 bridgehead atoms. The predicted molar refractivity (Wildman–Crippen MR) is 65.4 cm³/mol. The summed E-state index contributed by atoms with van der Waals surface area (Å²) in [6.07, 6.45) is 1.04. The molecule has 0 heterocycles. The van der Waals surface area contributed by atoms with Gasteiger partial charge in [-0.25, -0.2) is 9.59 Å². The summed E-state index contributed by atoms with van der Waals surface area (Å²) in [4.78, 5) is 24.1. The van der Waals surface area contributed by atoms with Gasteiger partial charge >= 0.3 is 12.0 Å². The number of carbonyl (C=O) groups is 2. The smallest absolute Gasteiger partial charge is 0.326 e. The second kappa shape index (κ2) is 9.67. The molecule has 2 amide bonds. The van der Waals surface area contributed by atoms with Crippen LogP contribution in [0.5, 0.6) is 0 Å². The minimum absolute atomic E-state index is 0.146. The van der Waals surface area contributed by atoms with E-state index in [0.29, 0.717) is 26.0 Å². The van der Waals surface area contributed by atoms with E-state index >= 15 is 0 Å². The zero-order chi connectivity index (χ0) is 14.0. The van der Waals surface area contributed by atoms with Gasteiger partial charge in [0, 0.05) is 20.2 Å². The molecule has 0 aromatic rings. The fraction of sp³-hybridized carbons (Fsp3) is 0.818. The van der Waals surface area contributed by atoms with Crippen molar-refractivity contribution in [1.29, 1.82) is 0 Å². The molecule has 0 saturated heterocycles. The summed E-state index contributed by atoms with van der Waals surface area (Å²) in [5.74, 6) is -1.05. The van der Waals surface area contributed by atoms with E-state index in [9.17, 15) is 9.59 Å². The molecule has 0 aliphatic carbocycles. The molecule has 0 saturated carbocycles. The summed E-state index contributed by atoms with van der Waals surface area (Å²) in [7, 11) is 1.51. The quantitative estimate of drug-likeness (QED) is 0.538. The highest BCUT2D eigenvalue weighted by atomic mass is 16.5. The van der Waals surface area contributed by atoms with E-state index in [1.807, 2.05) is 6.92 Å². The minimum atomic E-state index is -1.05. The summed E-state index contributed by atoms with van der Waals surface area (Å²) in [5.41, 5.74) is 0. The lowest BCUT2D eigenvalue weighted by atomic mass is 10.2. The molecule has 0 aromatic heterocycles. The Hall–Kier alpha value is -1.34. The predicted octanol–water partition coefficient (Wildman–Crippen LogP) is -0.110. The maximum Gasteiger partial charge on any atom is 0.326 e. The molecule has 0 aliphatic heterocycles. The summed E-state index contributed by atoms with van der Waals surface area (Å²) in [5, 5.41) is 20.2. The Balaban J connectivity index is 4.40. The third kappa shape index (κ3) is 6.41. The van der Waals surface area contributed by atoms with E-state index in [1.165, 1.54) is 12.0 Å². The lowest BCUT2D eigenvalue weighted by molar-refractivity contribution is -0.139. The van der Waals surface area contributed by atoms with Crippen LogP contribution >= 0.6 is 0 Å². The van der Waals surface area contributed by atoms with Crippen LogP contribution in [0.2, 0.25) is 0 Å². The zero-order valence-electron chi connectivity index (χ0n) is 10.9. The fourth-order valence-electron chi connectivity index (χ4n) is 1.42. The third-order valence-electron chi connectivity index (χ3n) is 2.40. The van der Waals surface area contributed by atoms with E-state index in [4.69, 9.17) is 14.9 Å². The first-order valence-corrected chi connectivity index (χ1v) is 5.94. The van der Waals surface area contributed by atoms with Crippen LogP contribution in [0.15, 0.2) is 0 Å². The Bertz CT molecular complexity index is 260. The first-order chi connectivity index (χ1) is 8.56. The Kier molecular flexibility index (Phi) is 8.95. The van der Waals surface area contributed by atoms with Crippen LogP contribution in [0, 0.1) is 0 Å². The van der Waals surface area contributed by atoms with Crippen LogP contribution in [0.4, 0.5) is 4.79 Å². The molecular formula is C11H22N2O5. The molecule has 7 nitrogen and oxygen atoms in total. The number of nitrogens with one attached hydrogen (secondary N) is 1. The van der Waals surface area contributed by atoms with Crippen molar-refractivity contribution >= 4 is 12.0 Å². The number of carboxylic acids is 1. The van der Waals surface area contributed by atoms with Gasteiger partial charge in [-0.05, 0) is 6.42 Å². The Morgan fingerprint density at radius 3 is 2.50 bits per heavy atom. The highest BCUT2D eigenvalue weighted by Gasteiger charge is 2.21. The van der Waals surface area contributed by atoms with Crippen LogP contribution in [0.1, 0.15) is 19.8 Å². The molecule has 106 valence electrons. The number of aliphatic hydroxyl groups excluding tert-OH is 1. The molecule has 7 heteroatoms. The number of nitrogens with zero attached hydrogens (tertiary/aromatic N) is 1. The van der Waals surface area contributed by atoms with E-state index in [0.717, 1.165) is 0 Å². The average Bonchev–Trinajstić information content (AvgIpc) is 2.33. The molecule has 0 aromatic carbocycles. The molecule has 0 fully saturated rings. The molecule has 1 atom stereocenters. The number of ether oxygens (including phenoxy) is 1. The zero-order valence-corrected chi connectivity index (χ0v) is 10.9. The number of amides is 2. The van der Waals surface area contributed by atoms with Crippen LogP contribution in [-0.2, 0) is 9.53 Å². The van der Waals surface area contributed by atoms with Crippen molar-refractivity contribution in [3.8, 4) is 0 Å². The van der Waals surface area contributed by atoms with Gasteiger partial charge in [0.05, 0.1) is 13.2 Å². The van der Waals surface area contributed by atoms with E-state index in [1.54, 1.807) is 0 Å². The molecule has 0 spiro atoms. The highest BCUT2D eigenvalue weighted by molar-refractivity contribution is 5.82. The normalized spacial score (nSPS) is 11.9. The van der Waals surface area contributed by atoms with Gasteiger partial charge in [-0.3, -0.25) is 0 Å². The second-order valence-corrected chi connectivity index (χ2v) is 3.83. The Morgan fingerprint density at radius 1 is 1.39 bits per heavy atom. The largest absolute Gasteiger partial charge is 0.480 e. The molecule has 18 heavy (non-hydrogen) atoms. The van der Waals surface area contributed by atoms with E-state index in [-0.39, 0.29) is 13.2 Å². The first-order valence-electron chi connectivity index (χ1n) is 5.94. The summed E-state index contributed by atoms with van der Waals surface area (Å²) < 4.78 is 4.85. The number of aliphatic carboxylic acids is 1. The monoisotopic (exact) mass is 262 g/mol. The summed E-state index contributed by atoms with van der Waals surface area (Å²) in [6.45, 7) is 2.45. The Morgan fingerprint density at radius 2 is 2.06 bits per heavy atom. The highest BCUT2D eigenvalue weighted by Crippen LogP contribution is 1.99. The van der Waals surface area contributed by atoms with Gasteiger partial charge in [-0.15, -0.1) is 0 Å². The van der Waals surface area contributed by atoms with Crippen LogP contribution in [0.3, 0.4) is 0 Å². The van der Waals surface area contributed by atoms with Crippen LogP contribution in [-0.4, -0.2) is 66.6 Å². The standard InChI is InChI=1S/C11H22N2O5/c1-3-4-9(10(15)16)12-11(17)13(5-7-14)6-8-18-2/h9,14H,3-8H2,1-2H3,(H,12,17)(H,15,16)/t9-/m1/s1. The molecule has 0 radical (unpaired) electrons. The van der Waals surface area contributed by atoms with E-state index in [2.05, 4.69) is 5.32 Å². The van der Waals surface area contributed by atoms with Crippen molar-refractivity contribution in [3.05, 3.63) is 0 Å². The second-order valence-electron chi connectivity index (χ2n) is 3.83. The first kappa shape index (κ1) is 16.7. The lowest BCUT2D eigenvalue weighted by Gasteiger charge is -2.24. The van der Waals surface area contributed by atoms with Crippen molar-refractivity contribution < 1.29 is 24.5 Å². The summed E-state index contributed by atoms with van der Waals surface area (Å²) >= 11 is 0.